The summed E-state index contributed by atoms with van der Waals surface area (Å²) in [5.41, 5.74) is -0.672. The van der Waals surface area contributed by atoms with E-state index in [1.54, 1.807) is 0 Å². The van der Waals surface area contributed by atoms with Crippen molar-refractivity contribution in [1.29, 1.82) is 0 Å². The lowest BCUT2D eigenvalue weighted by atomic mass is 10.2. The molecule has 0 aliphatic heterocycles. The highest BCUT2D eigenvalue weighted by Crippen LogP contribution is 2.29. The van der Waals surface area contributed by atoms with E-state index < -0.39 is 16.8 Å². The smallest absolute Gasteiger partial charge is 0.339 e. The predicted octanol–water partition coefficient (Wildman–Crippen LogP) is 1.29. The predicted molar refractivity (Wildman–Crippen MR) is 77.8 cm³/mol. The monoisotopic (exact) mass is 320 g/mol. The van der Waals surface area contributed by atoms with Crippen LogP contribution in [0.15, 0.2) is 24.4 Å². The molecule has 23 heavy (non-hydrogen) atoms. The Labute approximate surface area is 129 Å². The summed E-state index contributed by atoms with van der Waals surface area (Å²) in [5, 5.41) is 26.0. The second-order valence-electron chi connectivity index (χ2n) is 4.43. The molecule has 0 aliphatic carbocycles. The van der Waals surface area contributed by atoms with Crippen LogP contribution in [-0.2, 0) is 7.05 Å². The van der Waals surface area contributed by atoms with Gasteiger partial charge in [0.2, 0.25) is 0 Å². The number of nitrogens with one attached hydrogen (secondary N) is 1. The number of aryl methyl sites for hydroxylation is 1. The van der Waals surface area contributed by atoms with Crippen LogP contribution >= 0.6 is 0 Å². The summed E-state index contributed by atoms with van der Waals surface area (Å²) in [4.78, 5) is 33.6. The zero-order valence-corrected chi connectivity index (χ0v) is 12.1. The normalized spacial score (nSPS) is 10.2. The number of aromatic nitrogens is 2. The number of methoxy groups -OCH3 is 1. The first kappa shape index (κ1) is 15.9. The van der Waals surface area contributed by atoms with Crippen LogP contribution in [0.1, 0.15) is 20.8 Å². The molecule has 0 saturated heterocycles. The van der Waals surface area contributed by atoms with Gasteiger partial charge in [0.25, 0.3) is 11.6 Å². The molecule has 2 rings (SSSR count). The van der Waals surface area contributed by atoms with Crippen LogP contribution in [-0.4, -0.2) is 38.8 Å². The van der Waals surface area contributed by atoms with Crippen molar-refractivity contribution in [2.45, 2.75) is 0 Å². The van der Waals surface area contributed by atoms with E-state index in [-0.39, 0.29) is 28.4 Å². The first-order valence-corrected chi connectivity index (χ1v) is 6.24. The van der Waals surface area contributed by atoms with Crippen molar-refractivity contribution in [3.8, 4) is 5.75 Å². The first-order valence-electron chi connectivity index (χ1n) is 6.24. The summed E-state index contributed by atoms with van der Waals surface area (Å²) in [7, 11) is 2.75. The lowest BCUT2D eigenvalue weighted by Gasteiger charge is -2.10. The number of aromatic carboxylic acids is 1. The van der Waals surface area contributed by atoms with E-state index in [2.05, 4.69) is 10.4 Å². The number of nitro benzene ring substituents is 1. The van der Waals surface area contributed by atoms with Crippen molar-refractivity contribution < 1.29 is 24.4 Å². The van der Waals surface area contributed by atoms with Crippen LogP contribution in [0.5, 0.6) is 5.75 Å². The number of carbonyl (C=O) groups excluding carboxylic acids is 1. The fourth-order valence-electron chi connectivity index (χ4n) is 1.95. The average Bonchev–Trinajstić information content (AvgIpc) is 2.89. The molecule has 1 aromatic carbocycles. The van der Waals surface area contributed by atoms with Gasteiger partial charge in [0.1, 0.15) is 17.0 Å². The Balaban J connectivity index is 2.41. The molecule has 2 N–H and O–H groups in total. The number of nitrogens with zero attached hydrogens (tertiary/aromatic N) is 3. The molecule has 0 spiro atoms. The molecule has 10 heteroatoms. The molecule has 0 atom stereocenters. The maximum Gasteiger partial charge on any atom is 0.339 e. The molecular weight excluding hydrogens is 308 g/mol. The summed E-state index contributed by atoms with van der Waals surface area (Å²) in [6.45, 7) is 0. The highest BCUT2D eigenvalue weighted by Gasteiger charge is 2.23. The van der Waals surface area contributed by atoms with Crippen LogP contribution in [0.4, 0.5) is 11.4 Å². The Morgan fingerprint density at radius 2 is 2.13 bits per heavy atom. The molecule has 10 nitrogen and oxygen atoms in total. The number of carboxylic acids is 1. The maximum absolute atomic E-state index is 12.3. The number of nitro groups is 1. The fourth-order valence-corrected chi connectivity index (χ4v) is 1.95. The number of ether oxygens (including phenoxy) is 1. The van der Waals surface area contributed by atoms with Gasteiger partial charge in [0, 0.05) is 19.2 Å². The second kappa shape index (κ2) is 6.13. The summed E-state index contributed by atoms with van der Waals surface area (Å²) < 4.78 is 6.13. The van der Waals surface area contributed by atoms with E-state index in [4.69, 9.17) is 9.84 Å². The zero-order chi connectivity index (χ0) is 17.1. The van der Waals surface area contributed by atoms with E-state index in [1.165, 1.54) is 26.3 Å². The van der Waals surface area contributed by atoms with Crippen molar-refractivity contribution in [3.05, 3.63) is 45.8 Å². The molecular formula is C13H12N4O6. The summed E-state index contributed by atoms with van der Waals surface area (Å²) in [6, 6.07) is 3.67. The number of benzene rings is 1. The Hall–Kier alpha value is -3.43. The summed E-state index contributed by atoms with van der Waals surface area (Å²) in [6.07, 6.45) is 1.04. The number of hydrogen-bond donors (Lipinski definition) is 2. The van der Waals surface area contributed by atoms with E-state index >= 15 is 0 Å². The summed E-state index contributed by atoms with van der Waals surface area (Å²) in [5.74, 6) is -1.89. The molecule has 0 bridgehead atoms. The Morgan fingerprint density at radius 3 is 2.70 bits per heavy atom. The average molecular weight is 320 g/mol. The van der Waals surface area contributed by atoms with Crippen molar-refractivity contribution in [3.63, 3.8) is 0 Å². The number of rotatable bonds is 5. The van der Waals surface area contributed by atoms with Crippen molar-refractivity contribution in [2.75, 3.05) is 12.4 Å². The second-order valence-corrected chi connectivity index (χ2v) is 4.43. The summed E-state index contributed by atoms with van der Waals surface area (Å²) >= 11 is 0. The zero-order valence-electron chi connectivity index (χ0n) is 12.1. The molecule has 0 unspecified atom stereocenters. The van der Waals surface area contributed by atoms with E-state index in [0.717, 1.165) is 16.9 Å². The van der Waals surface area contributed by atoms with Crippen molar-refractivity contribution in [2.24, 2.45) is 7.05 Å². The maximum atomic E-state index is 12.3. The van der Waals surface area contributed by atoms with Crippen LogP contribution in [0, 0.1) is 10.1 Å². The third-order valence-electron chi connectivity index (χ3n) is 3.03. The number of carboxylic acid groups (broad SMARTS) is 1. The molecule has 1 heterocycles. The van der Waals surface area contributed by atoms with Gasteiger partial charge >= 0.3 is 5.97 Å². The van der Waals surface area contributed by atoms with Crippen LogP contribution in [0.25, 0.3) is 0 Å². The van der Waals surface area contributed by atoms with Gasteiger partial charge in [-0.25, -0.2) is 4.79 Å². The number of non-ortho nitro benzene ring substituents is 1. The third-order valence-corrected chi connectivity index (χ3v) is 3.03. The molecule has 0 radical (unpaired) electrons. The topological polar surface area (TPSA) is 137 Å². The highest BCUT2D eigenvalue weighted by atomic mass is 16.6. The third kappa shape index (κ3) is 3.10. The van der Waals surface area contributed by atoms with E-state index in [0.29, 0.717) is 0 Å². The Bertz CT molecular complexity index is 798. The van der Waals surface area contributed by atoms with Gasteiger partial charge in [0.15, 0.2) is 0 Å². The van der Waals surface area contributed by atoms with Crippen LogP contribution in [0.2, 0.25) is 0 Å². The molecule has 0 aliphatic rings. The number of anilines is 1. The lowest BCUT2D eigenvalue weighted by Crippen LogP contribution is -2.19. The van der Waals surface area contributed by atoms with Gasteiger partial charge < -0.3 is 15.2 Å². The standard InChI is InChI=1S/C13H12N4O6/c1-16-11(8(6-14-16)13(19)20)12(18)15-9-5-7(17(21)22)3-4-10(9)23-2/h3-6H,1-2H3,(H,15,18)(H,19,20). The largest absolute Gasteiger partial charge is 0.495 e. The number of amides is 1. The molecule has 1 amide bonds. The van der Waals surface area contributed by atoms with Gasteiger partial charge in [-0.3, -0.25) is 19.6 Å². The van der Waals surface area contributed by atoms with E-state index in [1.807, 2.05) is 0 Å². The quantitative estimate of drug-likeness (QED) is 0.625. The first-order chi connectivity index (χ1) is 10.8. The molecule has 1 aromatic heterocycles. The van der Waals surface area contributed by atoms with Gasteiger partial charge in [-0.15, -0.1) is 0 Å². The molecule has 120 valence electrons. The fraction of sp³-hybridized carbons (Fsp3) is 0.154. The minimum absolute atomic E-state index is 0.0456. The minimum Gasteiger partial charge on any atom is -0.495 e. The van der Waals surface area contributed by atoms with Crippen LogP contribution in [0.3, 0.4) is 0 Å². The number of carbonyl (C=O) groups is 2. The number of hydrogen-bond acceptors (Lipinski definition) is 6. The van der Waals surface area contributed by atoms with Gasteiger partial charge in [-0.2, -0.15) is 5.10 Å². The van der Waals surface area contributed by atoms with Gasteiger partial charge in [-0.05, 0) is 6.07 Å². The Kier molecular flexibility index (Phi) is 4.25. The van der Waals surface area contributed by atoms with Crippen LogP contribution < -0.4 is 10.1 Å². The van der Waals surface area contributed by atoms with Crippen molar-refractivity contribution >= 4 is 23.3 Å². The molecule has 0 saturated carbocycles. The van der Waals surface area contributed by atoms with Gasteiger partial charge in [-0.1, -0.05) is 0 Å². The molecule has 2 aromatic rings. The van der Waals surface area contributed by atoms with E-state index in [9.17, 15) is 19.7 Å². The van der Waals surface area contributed by atoms with Crippen molar-refractivity contribution in [1.82, 2.24) is 9.78 Å². The Morgan fingerprint density at radius 1 is 1.43 bits per heavy atom. The molecule has 0 fully saturated rings. The lowest BCUT2D eigenvalue weighted by molar-refractivity contribution is -0.384. The minimum atomic E-state index is -1.31. The SMILES string of the molecule is COc1ccc([N+](=O)[O-])cc1NC(=O)c1c(C(=O)O)cnn1C. The van der Waals surface area contributed by atoms with Gasteiger partial charge in [0.05, 0.1) is 23.9 Å². The highest BCUT2D eigenvalue weighted by molar-refractivity contribution is 6.10.